The van der Waals surface area contributed by atoms with E-state index in [-0.39, 0.29) is 5.54 Å². The van der Waals surface area contributed by atoms with Crippen molar-refractivity contribution >= 4 is 78.7 Å². The molecule has 6 rings (SSSR count). The summed E-state index contributed by atoms with van der Waals surface area (Å²) in [6, 6.07) is 13.5. The topological polar surface area (TPSA) is 104 Å². The van der Waals surface area contributed by atoms with Gasteiger partial charge in [-0.3, -0.25) is 14.9 Å². The number of nitriles is 1. The molecule has 2 aliphatic rings. The van der Waals surface area contributed by atoms with Crippen LogP contribution in [0.25, 0.3) is 10.9 Å². The fraction of sp³-hybridized carbons (Fsp3) is 0.324. The zero-order valence-corrected chi connectivity index (χ0v) is 30.3. The standard InChI is InChI=1S/C34H35BrCl3N9/c1-19-5-6-22(13-27(19)36)42-30-20(15-39)16-40-31-25(30)12-23(14-28(31)37)43-32(26-11-21(35)17-41-33(26)38)29-18-47(45-44-29)24-7-9-46(10-8-24)34(2,3)4/h5-6,11-14,16-18,24,32,43-45H,7-10H2,1-4H3,(H,40,42)/t32-/m0/s1. The van der Waals surface area contributed by atoms with E-state index in [0.717, 1.165) is 52.9 Å². The maximum absolute atomic E-state index is 10.0. The number of hydrogen-bond acceptors (Lipinski definition) is 9. The molecule has 0 radical (unpaired) electrons. The average molecular weight is 756 g/mol. The quantitative estimate of drug-likeness (QED) is 0.138. The number of benzene rings is 2. The lowest BCUT2D eigenvalue weighted by atomic mass is 9.98. The normalized spacial score (nSPS) is 16.5. The van der Waals surface area contributed by atoms with E-state index in [1.807, 2.05) is 43.3 Å². The van der Waals surface area contributed by atoms with Gasteiger partial charge in [-0.2, -0.15) is 5.26 Å². The maximum atomic E-state index is 10.0. The van der Waals surface area contributed by atoms with E-state index in [9.17, 15) is 5.26 Å². The maximum Gasteiger partial charge on any atom is 0.134 e. The first kappa shape index (κ1) is 33.6. The summed E-state index contributed by atoms with van der Waals surface area (Å²) < 4.78 is 0.796. The van der Waals surface area contributed by atoms with Crippen molar-refractivity contribution in [3.8, 4) is 6.07 Å². The Morgan fingerprint density at radius 1 is 1.02 bits per heavy atom. The summed E-state index contributed by atoms with van der Waals surface area (Å²) in [7, 11) is 0. The van der Waals surface area contributed by atoms with Crippen LogP contribution in [-0.2, 0) is 0 Å². The highest BCUT2D eigenvalue weighted by atomic mass is 79.9. The summed E-state index contributed by atoms with van der Waals surface area (Å²) in [5.41, 5.74) is 12.4. The molecule has 47 heavy (non-hydrogen) atoms. The zero-order chi connectivity index (χ0) is 33.5. The van der Waals surface area contributed by atoms with Gasteiger partial charge in [-0.05, 0) is 92.4 Å². The highest BCUT2D eigenvalue weighted by molar-refractivity contribution is 9.10. The number of nitrogens with one attached hydrogen (secondary N) is 4. The number of aromatic nitrogens is 2. The van der Waals surface area contributed by atoms with Crippen molar-refractivity contribution in [3.05, 3.63) is 97.1 Å². The van der Waals surface area contributed by atoms with Gasteiger partial charge in [0.2, 0.25) is 0 Å². The average Bonchev–Trinajstić information content (AvgIpc) is 3.53. The summed E-state index contributed by atoms with van der Waals surface area (Å²) in [5, 5.41) is 21.3. The first-order chi connectivity index (χ1) is 22.4. The van der Waals surface area contributed by atoms with Gasteiger partial charge in [-0.25, -0.2) is 4.98 Å². The monoisotopic (exact) mass is 753 g/mol. The Balaban J connectivity index is 1.37. The van der Waals surface area contributed by atoms with E-state index in [1.54, 1.807) is 6.20 Å². The van der Waals surface area contributed by atoms with Crippen LogP contribution in [0, 0.1) is 18.3 Å². The van der Waals surface area contributed by atoms with Gasteiger partial charge in [0.1, 0.15) is 11.2 Å². The van der Waals surface area contributed by atoms with Gasteiger partial charge in [0, 0.05) is 75.1 Å². The molecule has 9 nitrogen and oxygen atoms in total. The summed E-state index contributed by atoms with van der Waals surface area (Å²) in [6.07, 6.45) is 7.35. The largest absolute Gasteiger partial charge is 0.373 e. The van der Waals surface area contributed by atoms with Crippen molar-refractivity contribution in [1.29, 1.82) is 5.26 Å². The van der Waals surface area contributed by atoms with Crippen LogP contribution < -0.4 is 21.6 Å². The van der Waals surface area contributed by atoms with Gasteiger partial charge < -0.3 is 16.1 Å². The number of likely N-dealkylation sites (tertiary alicyclic amines) is 1. The van der Waals surface area contributed by atoms with Crippen LogP contribution in [0.3, 0.4) is 0 Å². The number of aryl methyl sites for hydroxylation is 1. The van der Waals surface area contributed by atoms with Crippen LogP contribution in [0.4, 0.5) is 17.1 Å². The van der Waals surface area contributed by atoms with Crippen molar-refractivity contribution in [3.63, 3.8) is 0 Å². The molecular weight excluding hydrogens is 721 g/mol. The highest BCUT2D eigenvalue weighted by Crippen LogP contribution is 2.39. The molecule has 0 unspecified atom stereocenters. The predicted molar refractivity (Wildman–Crippen MR) is 195 cm³/mol. The lowest BCUT2D eigenvalue weighted by Gasteiger charge is -2.42. The number of hydrogen-bond donors (Lipinski definition) is 4. The van der Waals surface area contributed by atoms with E-state index in [0.29, 0.717) is 49.1 Å². The second-order valence-corrected chi connectivity index (χ2v) is 14.9. The van der Waals surface area contributed by atoms with Crippen LogP contribution in [0.5, 0.6) is 0 Å². The van der Waals surface area contributed by atoms with Crippen LogP contribution in [0.1, 0.15) is 56.3 Å². The molecule has 0 aliphatic carbocycles. The molecule has 0 bridgehead atoms. The first-order valence-electron chi connectivity index (χ1n) is 15.3. The van der Waals surface area contributed by atoms with E-state index < -0.39 is 6.04 Å². The molecule has 2 aliphatic heterocycles. The lowest BCUT2D eigenvalue weighted by molar-refractivity contribution is 0.0570. The Morgan fingerprint density at radius 2 is 1.77 bits per heavy atom. The number of hydrazine groups is 2. The summed E-state index contributed by atoms with van der Waals surface area (Å²) in [5.74, 6) is 0. The summed E-state index contributed by atoms with van der Waals surface area (Å²) in [6.45, 7) is 10.8. The summed E-state index contributed by atoms with van der Waals surface area (Å²) >= 11 is 23.6. The SMILES string of the molecule is Cc1ccc(Nc2c(C#N)cnc3c(Cl)cc(N[C@H](C4=CN(C5CCN(C(C)(C)C)CC5)NN4)c4cc(Br)cnc4Cl)cc23)cc1Cl. The number of piperidine rings is 1. The third kappa shape index (κ3) is 7.26. The molecule has 2 aromatic carbocycles. The smallest absolute Gasteiger partial charge is 0.134 e. The van der Waals surface area contributed by atoms with Gasteiger partial charge in [-0.15, -0.1) is 5.53 Å². The number of anilines is 3. The number of fused-ring (bicyclic) bond motifs is 1. The van der Waals surface area contributed by atoms with E-state index in [1.165, 1.54) is 6.20 Å². The molecular formula is C34H35BrCl3N9. The van der Waals surface area contributed by atoms with Gasteiger partial charge in [-0.1, -0.05) is 40.9 Å². The molecule has 1 atom stereocenters. The van der Waals surface area contributed by atoms with E-state index in [2.05, 4.69) is 90.4 Å². The minimum atomic E-state index is -0.437. The second-order valence-electron chi connectivity index (χ2n) is 12.8. The molecule has 244 valence electrons. The van der Waals surface area contributed by atoms with Crippen LogP contribution >= 0.6 is 50.7 Å². The van der Waals surface area contributed by atoms with Gasteiger partial charge in [0.15, 0.2) is 0 Å². The lowest BCUT2D eigenvalue weighted by Crippen LogP contribution is -2.52. The third-order valence-corrected chi connectivity index (χ3v) is 10.1. The molecule has 1 fully saturated rings. The van der Waals surface area contributed by atoms with Crippen LogP contribution in [-0.4, -0.2) is 44.5 Å². The molecule has 13 heteroatoms. The van der Waals surface area contributed by atoms with Crippen molar-refractivity contribution in [2.75, 3.05) is 23.7 Å². The minimum absolute atomic E-state index is 0.148. The molecule has 4 heterocycles. The van der Waals surface area contributed by atoms with E-state index in [4.69, 9.17) is 34.8 Å². The molecule has 1 saturated heterocycles. The number of halogens is 4. The van der Waals surface area contributed by atoms with Crippen LogP contribution in [0.2, 0.25) is 15.2 Å². The number of pyridine rings is 2. The predicted octanol–water partition coefficient (Wildman–Crippen LogP) is 8.86. The molecule has 0 saturated carbocycles. The van der Waals surface area contributed by atoms with Crippen molar-refractivity contribution < 1.29 is 0 Å². The van der Waals surface area contributed by atoms with Gasteiger partial charge >= 0.3 is 0 Å². The molecule has 4 aromatic rings. The molecule has 4 N–H and O–H groups in total. The Hall–Kier alpha value is -3.30. The second kappa shape index (κ2) is 13.7. The van der Waals surface area contributed by atoms with Crippen molar-refractivity contribution in [2.45, 2.75) is 58.2 Å². The Morgan fingerprint density at radius 3 is 2.47 bits per heavy atom. The first-order valence-corrected chi connectivity index (χ1v) is 17.2. The molecule has 2 aromatic heterocycles. The van der Waals surface area contributed by atoms with Gasteiger partial charge in [0.05, 0.1) is 33.5 Å². The summed E-state index contributed by atoms with van der Waals surface area (Å²) in [4.78, 5) is 11.5. The van der Waals surface area contributed by atoms with Crippen LogP contribution in [0.15, 0.2) is 65.2 Å². The number of nitrogens with zero attached hydrogens (tertiary/aromatic N) is 5. The zero-order valence-electron chi connectivity index (χ0n) is 26.4. The molecule has 0 amide bonds. The third-order valence-electron chi connectivity index (χ3n) is 8.67. The molecule has 0 spiro atoms. The Labute approximate surface area is 298 Å². The fourth-order valence-electron chi connectivity index (χ4n) is 6.01. The van der Waals surface area contributed by atoms with Crippen molar-refractivity contribution in [1.82, 2.24) is 30.8 Å². The minimum Gasteiger partial charge on any atom is -0.373 e. The Bertz CT molecular complexity index is 1890. The fourth-order valence-corrected chi connectivity index (χ4v) is 7.02. The van der Waals surface area contributed by atoms with Gasteiger partial charge in [0.25, 0.3) is 0 Å². The Kier molecular flexibility index (Phi) is 9.77. The van der Waals surface area contributed by atoms with E-state index >= 15 is 0 Å². The number of rotatable bonds is 7. The van der Waals surface area contributed by atoms with Crippen molar-refractivity contribution in [2.24, 2.45) is 0 Å². The highest BCUT2D eigenvalue weighted by Gasteiger charge is 2.32.